The first kappa shape index (κ1) is 15.9. The van der Waals surface area contributed by atoms with E-state index in [0.29, 0.717) is 29.7 Å². The SMILES string of the molecule is CC1(C)CN(C(=O)NC2CCc3c2ccc(Cl)c3Cl)CCO1. The number of benzene rings is 1. The van der Waals surface area contributed by atoms with Crippen LogP contribution in [0.3, 0.4) is 0 Å². The number of ether oxygens (including phenoxy) is 1. The first-order valence-electron chi connectivity index (χ1n) is 7.53. The summed E-state index contributed by atoms with van der Waals surface area (Å²) >= 11 is 12.3. The fourth-order valence-corrected chi connectivity index (χ4v) is 3.66. The number of amides is 2. The van der Waals surface area contributed by atoms with E-state index < -0.39 is 0 Å². The second-order valence-corrected chi connectivity index (χ2v) is 7.28. The Bertz CT molecular complexity index is 604. The minimum Gasteiger partial charge on any atom is -0.372 e. The quantitative estimate of drug-likeness (QED) is 0.843. The molecule has 1 fully saturated rings. The molecule has 1 N–H and O–H groups in total. The van der Waals surface area contributed by atoms with E-state index in [2.05, 4.69) is 5.32 Å². The molecular formula is C16H20Cl2N2O2. The maximum absolute atomic E-state index is 12.5. The highest BCUT2D eigenvalue weighted by atomic mass is 35.5. The van der Waals surface area contributed by atoms with E-state index >= 15 is 0 Å². The van der Waals surface area contributed by atoms with Gasteiger partial charge in [0, 0.05) is 6.54 Å². The molecular weight excluding hydrogens is 323 g/mol. The number of urea groups is 1. The van der Waals surface area contributed by atoms with Crippen molar-refractivity contribution in [2.75, 3.05) is 19.7 Å². The molecule has 1 unspecified atom stereocenters. The van der Waals surface area contributed by atoms with Crippen LogP contribution < -0.4 is 5.32 Å². The van der Waals surface area contributed by atoms with E-state index in [9.17, 15) is 4.79 Å². The van der Waals surface area contributed by atoms with Gasteiger partial charge in [-0.05, 0) is 43.9 Å². The fourth-order valence-electron chi connectivity index (χ4n) is 3.21. The molecule has 3 rings (SSSR count). The summed E-state index contributed by atoms with van der Waals surface area (Å²) in [5.41, 5.74) is 1.84. The van der Waals surface area contributed by atoms with Gasteiger partial charge in [-0.15, -0.1) is 0 Å². The van der Waals surface area contributed by atoms with E-state index in [1.807, 2.05) is 24.8 Å². The first-order chi connectivity index (χ1) is 10.4. The first-order valence-corrected chi connectivity index (χ1v) is 8.29. The molecule has 4 nitrogen and oxygen atoms in total. The highest BCUT2D eigenvalue weighted by Crippen LogP contribution is 2.39. The van der Waals surface area contributed by atoms with Crippen molar-refractivity contribution in [3.63, 3.8) is 0 Å². The highest BCUT2D eigenvalue weighted by Gasteiger charge is 2.32. The molecule has 0 spiro atoms. The molecule has 0 saturated carbocycles. The molecule has 0 aromatic heterocycles. The molecule has 1 aromatic rings. The lowest BCUT2D eigenvalue weighted by Crippen LogP contribution is -2.53. The zero-order valence-corrected chi connectivity index (χ0v) is 14.3. The van der Waals surface area contributed by atoms with Crippen LogP contribution in [-0.4, -0.2) is 36.2 Å². The second-order valence-electron chi connectivity index (χ2n) is 6.50. The average molecular weight is 343 g/mol. The number of rotatable bonds is 1. The summed E-state index contributed by atoms with van der Waals surface area (Å²) in [5, 5.41) is 4.30. The predicted octanol–water partition coefficient (Wildman–Crippen LogP) is 3.80. The Morgan fingerprint density at radius 2 is 2.18 bits per heavy atom. The molecule has 1 atom stereocenters. The zero-order chi connectivity index (χ0) is 15.9. The average Bonchev–Trinajstić information content (AvgIpc) is 2.85. The Balaban J connectivity index is 1.71. The van der Waals surface area contributed by atoms with Crippen LogP contribution >= 0.6 is 23.2 Å². The Labute approximate surface area is 140 Å². The van der Waals surface area contributed by atoms with Crippen LogP contribution in [0.1, 0.15) is 37.4 Å². The predicted molar refractivity (Wildman–Crippen MR) is 87.7 cm³/mol. The Hall–Kier alpha value is -0.970. The van der Waals surface area contributed by atoms with E-state index in [0.717, 1.165) is 24.0 Å². The molecule has 2 aliphatic rings. The Morgan fingerprint density at radius 1 is 1.41 bits per heavy atom. The lowest BCUT2D eigenvalue weighted by molar-refractivity contribution is -0.0735. The van der Waals surface area contributed by atoms with Gasteiger partial charge in [-0.1, -0.05) is 29.3 Å². The van der Waals surface area contributed by atoms with Gasteiger partial charge in [-0.25, -0.2) is 4.79 Å². The molecule has 1 heterocycles. The standard InChI is InChI=1S/C16H20Cl2N2O2/c1-16(2)9-20(7-8-22-16)15(21)19-13-6-4-11-10(13)3-5-12(17)14(11)18/h3,5,13H,4,6-9H2,1-2H3,(H,19,21). The maximum atomic E-state index is 12.5. The van der Waals surface area contributed by atoms with Gasteiger partial charge in [0.05, 0.1) is 34.8 Å². The lowest BCUT2D eigenvalue weighted by atomic mass is 10.1. The van der Waals surface area contributed by atoms with Gasteiger partial charge in [-0.3, -0.25) is 0 Å². The topological polar surface area (TPSA) is 41.6 Å². The van der Waals surface area contributed by atoms with Gasteiger partial charge in [0.1, 0.15) is 0 Å². The summed E-state index contributed by atoms with van der Waals surface area (Å²) in [4.78, 5) is 14.3. The molecule has 0 bridgehead atoms. The third-order valence-electron chi connectivity index (χ3n) is 4.30. The van der Waals surface area contributed by atoms with E-state index in [1.54, 1.807) is 6.07 Å². The molecule has 1 aliphatic heterocycles. The van der Waals surface area contributed by atoms with Crippen LogP contribution in [0, 0.1) is 0 Å². The third-order valence-corrected chi connectivity index (χ3v) is 5.14. The van der Waals surface area contributed by atoms with E-state index in [4.69, 9.17) is 27.9 Å². The van der Waals surface area contributed by atoms with E-state index in [-0.39, 0.29) is 17.7 Å². The van der Waals surface area contributed by atoms with E-state index in [1.165, 1.54) is 0 Å². The monoisotopic (exact) mass is 342 g/mol. The van der Waals surface area contributed by atoms with Crippen molar-refractivity contribution in [1.82, 2.24) is 10.2 Å². The molecule has 22 heavy (non-hydrogen) atoms. The number of nitrogens with zero attached hydrogens (tertiary/aromatic N) is 1. The lowest BCUT2D eigenvalue weighted by Gasteiger charge is -2.38. The van der Waals surface area contributed by atoms with Gasteiger partial charge < -0.3 is 15.0 Å². The summed E-state index contributed by atoms with van der Waals surface area (Å²) in [5.74, 6) is 0. The number of nitrogens with one attached hydrogen (secondary N) is 1. The normalized spacial score (nSPS) is 23.3. The van der Waals surface area contributed by atoms with Crippen molar-refractivity contribution >= 4 is 29.2 Å². The Morgan fingerprint density at radius 3 is 2.91 bits per heavy atom. The number of hydrogen-bond acceptors (Lipinski definition) is 2. The van der Waals surface area contributed by atoms with Gasteiger partial charge >= 0.3 is 6.03 Å². The highest BCUT2D eigenvalue weighted by molar-refractivity contribution is 6.42. The summed E-state index contributed by atoms with van der Waals surface area (Å²) < 4.78 is 5.65. The zero-order valence-electron chi connectivity index (χ0n) is 12.8. The van der Waals surface area contributed by atoms with Crippen molar-refractivity contribution in [2.24, 2.45) is 0 Å². The third kappa shape index (κ3) is 3.05. The van der Waals surface area contributed by atoms with Gasteiger partial charge in [0.15, 0.2) is 0 Å². The number of halogens is 2. The number of carbonyl (C=O) groups excluding carboxylic acids is 1. The molecule has 1 aliphatic carbocycles. The molecule has 6 heteroatoms. The van der Waals surface area contributed by atoms with Crippen molar-refractivity contribution in [3.8, 4) is 0 Å². The maximum Gasteiger partial charge on any atom is 0.318 e. The van der Waals surface area contributed by atoms with Crippen LogP contribution in [0.2, 0.25) is 10.0 Å². The summed E-state index contributed by atoms with van der Waals surface area (Å²) in [6.07, 6.45) is 1.70. The second kappa shape index (κ2) is 5.91. The molecule has 120 valence electrons. The van der Waals surface area contributed by atoms with Crippen molar-refractivity contribution in [2.45, 2.75) is 38.3 Å². The van der Waals surface area contributed by atoms with Gasteiger partial charge in [0.25, 0.3) is 0 Å². The van der Waals surface area contributed by atoms with Crippen LogP contribution in [0.5, 0.6) is 0 Å². The van der Waals surface area contributed by atoms with Crippen molar-refractivity contribution in [1.29, 1.82) is 0 Å². The van der Waals surface area contributed by atoms with Crippen LogP contribution in [-0.2, 0) is 11.2 Å². The fraction of sp³-hybridized carbons (Fsp3) is 0.562. The largest absolute Gasteiger partial charge is 0.372 e. The number of hydrogen-bond donors (Lipinski definition) is 1. The van der Waals surface area contributed by atoms with Crippen molar-refractivity contribution in [3.05, 3.63) is 33.3 Å². The van der Waals surface area contributed by atoms with Gasteiger partial charge in [0.2, 0.25) is 0 Å². The minimum atomic E-state index is -0.292. The molecule has 2 amide bonds. The smallest absolute Gasteiger partial charge is 0.318 e. The summed E-state index contributed by atoms with van der Waals surface area (Å²) in [6.45, 7) is 5.79. The Kier molecular flexibility index (Phi) is 4.27. The summed E-state index contributed by atoms with van der Waals surface area (Å²) in [7, 11) is 0. The van der Waals surface area contributed by atoms with Crippen LogP contribution in [0.15, 0.2) is 12.1 Å². The number of carbonyl (C=O) groups is 1. The molecule has 1 aromatic carbocycles. The van der Waals surface area contributed by atoms with Crippen LogP contribution in [0.25, 0.3) is 0 Å². The van der Waals surface area contributed by atoms with Crippen molar-refractivity contribution < 1.29 is 9.53 Å². The molecule has 1 saturated heterocycles. The summed E-state index contributed by atoms with van der Waals surface area (Å²) in [6, 6.07) is 3.72. The number of morpholine rings is 1. The minimum absolute atomic E-state index is 0.00299. The number of fused-ring (bicyclic) bond motifs is 1. The molecule has 0 radical (unpaired) electrons. The van der Waals surface area contributed by atoms with Gasteiger partial charge in [-0.2, -0.15) is 0 Å². The van der Waals surface area contributed by atoms with Crippen LogP contribution in [0.4, 0.5) is 4.79 Å².